The molecule has 0 fully saturated rings. The molecule has 0 aliphatic rings. The molecule has 0 saturated carbocycles. The molecule has 0 atom stereocenters. The molecular formula is C10H13FO. The molecule has 1 rings (SSSR count). The van der Waals surface area contributed by atoms with Gasteiger partial charge in [-0.05, 0) is 38.5 Å². The van der Waals surface area contributed by atoms with E-state index in [9.17, 15) is 4.39 Å². The maximum atomic E-state index is 13.0. The fourth-order valence-corrected chi connectivity index (χ4v) is 0.955. The molecule has 1 aromatic carbocycles. The first kappa shape index (κ1) is 9.04. The summed E-state index contributed by atoms with van der Waals surface area (Å²) in [6.45, 7) is 5.66. The predicted molar refractivity (Wildman–Crippen MR) is 46.9 cm³/mol. The number of ether oxygens (including phenoxy) is 1. The highest BCUT2D eigenvalue weighted by molar-refractivity contribution is 5.29. The Hall–Kier alpha value is -1.05. The minimum Gasteiger partial charge on any atom is -0.488 e. The topological polar surface area (TPSA) is 9.23 Å². The van der Waals surface area contributed by atoms with Crippen LogP contribution < -0.4 is 4.74 Å². The third kappa shape index (κ3) is 2.22. The molecule has 0 spiro atoms. The van der Waals surface area contributed by atoms with Gasteiger partial charge in [0.2, 0.25) is 0 Å². The molecule has 12 heavy (non-hydrogen) atoms. The van der Waals surface area contributed by atoms with E-state index < -0.39 is 0 Å². The number of hydrogen-bond acceptors (Lipinski definition) is 1. The van der Waals surface area contributed by atoms with Gasteiger partial charge in [0.05, 0.1) is 6.10 Å². The van der Waals surface area contributed by atoms with Crippen LogP contribution in [0.3, 0.4) is 0 Å². The van der Waals surface area contributed by atoms with E-state index in [1.165, 1.54) is 6.07 Å². The summed E-state index contributed by atoms with van der Waals surface area (Å²) in [7, 11) is 0. The SMILES string of the molecule is Cc1ccc([18F])c(OC(C)C)c1. The molecule has 0 aromatic heterocycles. The zero-order chi connectivity index (χ0) is 9.14. The minimum atomic E-state index is -0.297. The maximum Gasteiger partial charge on any atom is 0.165 e. The van der Waals surface area contributed by atoms with Crippen LogP contribution in [-0.2, 0) is 0 Å². The van der Waals surface area contributed by atoms with Crippen LogP contribution in [-0.4, -0.2) is 6.10 Å². The first-order chi connectivity index (χ1) is 5.59. The lowest BCUT2D eigenvalue weighted by molar-refractivity contribution is 0.231. The van der Waals surface area contributed by atoms with Crippen molar-refractivity contribution in [1.82, 2.24) is 0 Å². The highest BCUT2D eigenvalue weighted by Crippen LogP contribution is 2.19. The molecule has 0 aliphatic heterocycles. The Morgan fingerprint density at radius 2 is 2.00 bits per heavy atom. The fourth-order valence-electron chi connectivity index (χ4n) is 0.955. The molecule has 66 valence electrons. The van der Waals surface area contributed by atoms with Gasteiger partial charge in [-0.25, -0.2) is 4.39 Å². The summed E-state index contributed by atoms with van der Waals surface area (Å²) in [5.41, 5.74) is 1.01. The highest BCUT2D eigenvalue weighted by Gasteiger charge is 2.04. The van der Waals surface area contributed by atoms with Crippen molar-refractivity contribution < 1.29 is 9.13 Å². The monoisotopic (exact) mass is 167 g/mol. The van der Waals surface area contributed by atoms with Crippen molar-refractivity contribution >= 4 is 0 Å². The van der Waals surface area contributed by atoms with Crippen molar-refractivity contribution in [2.24, 2.45) is 0 Å². The third-order valence-electron chi connectivity index (χ3n) is 1.45. The Morgan fingerprint density at radius 1 is 1.33 bits per heavy atom. The van der Waals surface area contributed by atoms with Gasteiger partial charge in [0.1, 0.15) is 0 Å². The molecular weight excluding hydrogens is 154 g/mol. The van der Waals surface area contributed by atoms with Gasteiger partial charge in [-0.1, -0.05) is 6.07 Å². The Kier molecular flexibility index (Phi) is 2.69. The van der Waals surface area contributed by atoms with Crippen molar-refractivity contribution in [2.45, 2.75) is 26.9 Å². The third-order valence-corrected chi connectivity index (χ3v) is 1.45. The number of halogens is 1. The van der Waals surface area contributed by atoms with Crippen LogP contribution in [0.2, 0.25) is 0 Å². The number of hydrogen-bond donors (Lipinski definition) is 0. The number of benzene rings is 1. The van der Waals surface area contributed by atoms with Gasteiger partial charge >= 0.3 is 0 Å². The Bertz CT molecular complexity index is 269. The van der Waals surface area contributed by atoms with Crippen molar-refractivity contribution in [3.8, 4) is 5.75 Å². The molecule has 0 amide bonds. The van der Waals surface area contributed by atoms with Crippen LogP contribution in [0.4, 0.5) is 4.39 Å². The van der Waals surface area contributed by atoms with Gasteiger partial charge < -0.3 is 4.74 Å². The average Bonchev–Trinajstić information content (AvgIpc) is 1.96. The van der Waals surface area contributed by atoms with E-state index in [-0.39, 0.29) is 11.9 Å². The highest BCUT2D eigenvalue weighted by atomic mass is 18.2. The van der Waals surface area contributed by atoms with E-state index in [2.05, 4.69) is 0 Å². The molecule has 0 saturated heterocycles. The summed E-state index contributed by atoms with van der Waals surface area (Å²) < 4.78 is 18.3. The van der Waals surface area contributed by atoms with Crippen LogP contribution in [0, 0.1) is 12.7 Å². The van der Waals surface area contributed by atoms with Crippen LogP contribution in [0.25, 0.3) is 0 Å². The smallest absolute Gasteiger partial charge is 0.165 e. The summed E-state index contributed by atoms with van der Waals surface area (Å²) in [5, 5.41) is 0. The molecule has 0 aliphatic carbocycles. The largest absolute Gasteiger partial charge is 0.488 e. The van der Waals surface area contributed by atoms with Crippen LogP contribution in [0.5, 0.6) is 5.75 Å². The second-order valence-corrected chi connectivity index (χ2v) is 3.10. The quantitative estimate of drug-likeness (QED) is 0.658. The lowest BCUT2D eigenvalue weighted by atomic mass is 10.2. The minimum absolute atomic E-state index is 0.0151. The zero-order valence-electron chi connectivity index (χ0n) is 7.60. The molecule has 1 nitrogen and oxygen atoms in total. The van der Waals surface area contributed by atoms with Gasteiger partial charge in [0.25, 0.3) is 0 Å². The summed E-state index contributed by atoms with van der Waals surface area (Å²) in [6, 6.07) is 4.85. The Labute approximate surface area is 72.2 Å². The molecule has 0 bridgehead atoms. The van der Waals surface area contributed by atoms with E-state index >= 15 is 0 Å². The van der Waals surface area contributed by atoms with Crippen molar-refractivity contribution in [3.05, 3.63) is 29.6 Å². The van der Waals surface area contributed by atoms with Crippen molar-refractivity contribution in [1.29, 1.82) is 0 Å². The Morgan fingerprint density at radius 3 is 2.58 bits per heavy atom. The van der Waals surface area contributed by atoms with E-state index in [1.807, 2.05) is 20.8 Å². The lowest BCUT2D eigenvalue weighted by Gasteiger charge is -2.10. The summed E-state index contributed by atoms with van der Waals surface area (Å²) in [5.74, 6) is 0.0410. The fraction of sp³-hybridized carbons (Fsp3) is 0.400. The van der Waals surface area contributed by atoms with E-state index in [0.717, 1.165) is 5.56 Å². The summed E-state index contributed by atoms with van der Waals surface area (Å²) in [6.07, 6.45) is 0.0151. The van der Waals surface area contributed by atoms with Crippen molar-refractivity contribution in [3.63, 3.8) is 0 Å². The van der Waals surface area contributed by atoms with E-state index in [4.69, 9.17) is 4.74 Å². The Balaban J connectivity index is 2.90. The predicted octanol–water partition coefficient (Wildman–Crippen LogP) is 2.92. The molecule has 0 unspecified atom stereocenters. The first-order valence-corrected chi connectivity index (χ1v) is 4.02. The second-order valence-electron chi connectivity index (χ2n) is 3.10. The first-order valence-electron chi connectivity index (χ1n) is 4.02. The normalized spacial score (nSPS) is 10.4. The number of rotatable bonds is 2. The van der Waals surface area contributed by atoms with Gasteiger partial charge in [-0.2, -0.15) is 0 Å². The van der Waals surface area contributed by atoms with Crippen LogP contribution in [0.15, 0.2) is 18.2 Å². The van der Waals surface area contributed by atoms with Gasteiger partial charge in [-0.15, -0.1) is 0 Å². The van der Waals surface area contributed by atoms with Crippen LogP contribution in [0.1, 0.15) is 19.4 Å². The van der Waals surface area contributed by atoms with Gasteiger partial charge in [-0.3, -0.25) is 0 Å². The molecule has 0 N–H and O–H groups in total. The molecule has 2 heteroatoms. The van der Waals surface area contributed by atoms with Gasteiger partial charge in [0, 0.05) is 0 Å². The lowest BCUT2D eigenvalue weighted by Crippen LogP contribution is -2.06. The standard InChI is InChI=1S/C10H13FO/c1-7(2)12-10-6-8(3)4-5-9(10)11/h4-7H,1-3H3/i11-1. The van der Waals surface area contributed by atoms with E-state index in [0.29, 0.717) is 5.75 Å². The van der Waals surface area contributed by atoms with Crippen LogP contribution >= 0.6 is 0 Å². The van der Waals surface area contributed by atoms with Gasteiger partial charge in [0.15, 0.2) is 11.6 Å². The summed E-state index contributed by atoms with van der Waals surface area (Å²) in [4.78, 5) is 0. The number of aryl methyl sites for hydroxylation is 1. The molecule has 1 aromatic rings. The zero-order valence-corrected chi connectivity index (χ0v) is 7.60. The van der Waals surface area contributed by atoms with E-state index in [1.54, 1.807) is 12.1 Å². The molecule has 0 heterocycles. The average molecular weight is 167 g/mol. The maximum absolute atomic E-state index is 13.0. The summed E-state index contributed by atoms with van der Waals surface area (Å²) >= 11 is 0. The second kappa shape index (κ2) is 3.57. The van der Waals surface area contributed by atoms with Crippen molar-refractivity contribution in [2.75, 3.05) is 0 Å². The molecule has 0 radical (unpaired) electrons.